The van der Waals surface area contributed by atoms with Gasteiger partial charge in [0.15, 0.2) is 0 Å². The van der Waals surface area contributed by atoms with E-state index in [-0.39, 0.29) is 0 Å². The average molecular weight is 331 g/mol. The molecule has 0 fully saturated rings. The van der Waals surface area contributed by atoms with Crippen LogP contribution in [-0.4, -0.2) is 15.5 Å². The summed E-state index contributed by atoms with van der Waals surface area (Å²) in [4.78, 5) is 2.24. The van der Waals surface area contributed by atoms with E-state index in [1.165, 1.54) is 11.3 Å². The Kier molecular flexibility index (Phi) is 4.98. The van der Waals surface area contributed by atoms with Crippen LogP contribution in [0, 0.1) is 13.8 Å². The van der Waals surface area contributed by atoms with Crippen LogP contribution in [0.1, 0.15) is 20.9 Å². The third-order valence-corrected chi connectivity index (χ3v) is 6.60. The Morgan fingerprint density at radius 2 is 1.95 bits per heavy atom. The molecule has 0 aliphatic heterocycles. The highest BCUT2D eigenvalue weighted by Gasteiger charge is 2.19. The van der Waals surface area contributed by atoms with Crippen molar-refractivity contribution in [3.63, 3.8) is 0 Å². The van der Waals surface area contributed by atoms with E-state index in [0.717, 1.165) is 20.9 Å². The zero-order valence-corrected chi connectivity index (χ0v) is 14.1. The van der Waals surface area contributed by atoms with Gasteiger partial charge in [-0.05, 0) is 48.8 Å². The number of rotatable bonds is 6. The summed E-state index contributed by atoms with van der Waals surface area (Å²) in [5, 5.41) is 7.03. The summed E-state index contributed by atoms with van der Waals surface area (Å²) in [7, 11) is -1.60. The molecule has 20 heavy (non-hydrogen) atoms. The molecule has 0 saturated heterocycles. The summed E-state index contributed by atoms with van der Waals surface area (Å²) in [6, 6.07) is 1.75. The van der Waals surface area contributed by atoms with Crippen LogP contribution in [-0.2, 0) is 23.1 Å². The molecule has 0 atom stereocenters. The van der Waals surface area contributed by atoms with Gasteiger partial charge in [0.25, 0.3) is 0 Å². The van der Waals surface area contributed by atoms with E-state index in [2.05, 4.69) is 10.0 Å². The maximum absolute atomic E-state index is 12.4. The minimum absolute atomic E-state index is 0.342. The van der Waals surface area contributed by atoms with Gasteiger partial charge in [0, 0.05) is 22.8 Å². The first-order valence-corrected chi connectivity index (χ1v) is 9.43. The van der Waals surface area contributed by atoms with Crippen LogP contribution in [0.2, 0.25) is 0 Å². The van der Waals surface area contributed by atoms with Gasteiger partial charge in [0.1, 0.15) is 0 Å². The Morgan fingerprint density at radius 3 is 2.55 bits per heavy atom. The first kappa shape index (κ1) is 15.7. The second kappa shape index (κ2) is 6.36. The van der Waals surface area contributed by atoms with Crippen molar-refractivity contribution in [3.05, 3.63) is 37.7 Å². The van der Waals surface area contributed by atoms with Crippen LogP contribution >= 0.6 is 22.7 Å². The lowest BCUT2D eigenvalue weighted by Crippen LogP contribution is -2.23. The summed E-state index contributed by atoms with van der Waals surface area (Å²) in [6.07, 6.45) is 0. The van der Waals surface area contributed by atoms with E-state index in [9.17, 15) is 8.42 Å². The minimum Gasteiger partial charge on any atom is -0.315 e. The maximum atomic E-state index is 12.4. The summed E-state index contributed by atoms with van der Waals surface area (Å²) in [5.74, 6) is 0. The molecule has 2 N–H and O–H groups in total. The summed E-state index contributed by atoms with van der Waals surface area (Å²) in [6.45, 7) is 4.86. The molecule has 0 amide bonds. The molecule has 0 bridgehead atoms. The van der Waals surface area contributed by atoms with Crippen molar-refractivity contribution in [1.29, 1.82) is 0 Å². The van der Waals surface area contributed by atoms with E-state index < -0.39 is 10.0 Å². The van der Waals surface area contributed by atoms with Gasteiger partial charge in [0.05, 0.1) is 4.90 Å². The van der Waals surface area contributed by atoms with Crippen LogP contribution in [0.15, 0.2) is 21.7 Å². The van der Waals surface area contributed by atoms with Crippen LogP contribution < -0.4 is 10.0 Å². The molecule has 0 aromatic carbocycles. The van der Waals surface area contributed by atoms with Gasteiger partial charge in [0.2, 0.25) is 10.0 Å². The molecular formula is C13H18N2O2S3. The highest BCUT2D eigenvalue weighted by Crippen LogP contribution is 2.26. The lowest BCUT2D eigenvalue weighted by molar-refractivity contribution is 0.581. The van der Waals surface area contributed by atoms with Crippen LogP contribution in [0.5, 0.6) is 0 Å². The fraction of sp³-hybridized carbons (Fsp3) is 0.385. The van der Waals surface area contributed by atoms with Crippen molar-refractivity contribution in [2.45, 2.75) is 31.8 Å². The van der Waals surface area contributed by atoms with Crippen LogP contribution in [0.3, 0.4) is 0 Å². The minimum atomic E-state index is -3.44. The SMILES string of the molecule is CNCc1cc(S(=O)(=O)NCc2cscc2C)c(C)s1. The normalized spacial score (nSPS) is 11.9. The lowest BCUT2D eigenvalue weighted by Gasteiger charge is -2.06. The molecule has 0 radical (unpaired) electrons. The largest absolute Gasteiger partial charge is 0.315 e. The topological polar surface area (TPSA) is 58.2 Å². The quantitative estimate of drug-likeness (QED) is 0.856. The molecule has 2 aromatic rings. The van der Waals surface area contributed by atoms with Crippen molar-refractivity contribution in [3.8, 4) is 0 Å². The van der Waals surface area contributed by atoms with Gasteiger partial charge in [-0.25, -0.2) is 13.1 Å². The third-order valence-electron chi connectivity index (χ3n) is 2.98. The molecule has 7 heteroatoms. The van der Waals surface area contributed by atoms with E-state index in [4.69, 9.17) is 0 Å². The number of thiophene rings is 2. The number of nitrogens with one attached hydrogen (secondary N) is 2. The predicted octanol–water partition coefficient (Wildman–Crippen LogP) is 2.62. The van der Waals surface area contributed by atoms with Crippen molar-refractivity contribution < 1.29 is 8.42 Å². The fourth-order valence-electron chi connectivity index (χ4n) is 1.87. The molecule has 0 spiro atoms. The summed E-state index contributed by atoms with van der Waals surface area (Å²) in [5.41, 5.74) is 2.15. The zero-order chi connectivity index (χ0) is 14.8. The Bertz CT molecular complexity index is 686. The standard InChI is InChI=1S/C13H18N2O2S3/c1-9-7-18-8-11(9)5-15-20(16,17)13-4-12(6-14-3)19-10(13)2/h4,7-8,14-15H,5-6H2,1-3H3. The van der Waals surface area contributed by atoms with Crippen molar-refractivity contribution >= 4 is 32.7 Å². The molecule has 2 aromatic heterocycles. The molecule has 110 valence electrons. The second-order valence-electron chi connectivity index (χ2n) is 4.57. The van der Waals surface area contributed by atoms with Gasteiger partial charge in [-0.2, -0.15) is 11.3 Å². The van der Waals surface area contributed by atoms with Gasteiger partial charge in [-0.3, -0.25) is 0 Å². The van der Waals surface area contributed by atoms with Crippen molar-refractivity contribution in [1.82, 2.24) is 10.0 Å². The highest BCUT2D eigenvalue weighted by atomic mass is 32.2. The lowest BCUT2D eigenvalue weighted by atomic mass is 10.2. The molecule has 2 rings (SSSR count). The molecule has 0 aliphatic carbocycles. The van der Waals surface area contributed by atoms with Gasteiger partial charge < -0.3 is 5.32 Å². The van der Waals surface area contributed by atoms with Gasteiger partial charge >= 0.3 is 0 Å². The number of hydrogen-bond acceptors (Lipinski definition) is 5. The zero-order valence-electron chi connectivity index (χ0n) is 11.7. The predicted molar refractivity (Wildman–Crippen MR) is 84.9 cm³/mol. The van der Waals surface area contributed by atoms with E-state index in [1.54, 1.807) is 17.4 Å². The second-order valence-corrected chi connectivity index (χ2v) is 8.39. The van der Waals surface area contributed by atoms with Crippen molar-refractivity contribution in [2.75, 3.05) is 7.05 Å². The first-order chi connectivity index (χ1) is 9.44. The van der Waals surface area contributed by atoms with Crippen LogP contribution in [0.25, 0.3) is 0 Å². The van der Waals surface area contributed by atoms with Crippen LogP contribution in [0.4, 0.5) is 0 Å². The van der Waals surface area contributed by atoms with E-state index in [1.807, 2.05) is 31.7 Å². The Hall–Kier alpha value is -0.730. The Morgan fingerprint density at radius 1 is 1.20 bits per heavy atom. The number of aryl methyl sites for hydroxylation is 2. The fourth-order valence-corrected chi connectivity index (χ4v) is 5.38. The van der Waals surface area contributed by atoms with E-state index >= 15 is 0 Å². The molecule has 0 unspecified atom stereocenters. The number of sulfonamides is 1. The van der Waals surface area contributed by atoms with Gasteiger partial charge in [-0.1, -0.05) is 0 Å². The molecule has 2 heterocycles. The summed E-state index contributed by atoms with van der Waals surface area (Å²) < 4.78 is 27.4. The molecule has 0 saturated carbocycles. The molecular weight excluding hydrogens is 312 g/mol. The summed E-state index contributed by atoms with van der Waals surface area (Å²) >= 11 is 3.10. The number of hydrogen-bond donors (Lipinski definition) is 2. The Balaban J connectivity index is 2.16. The average Bonchev–Trinajstić information content (AvgIpc) is 2.94. The van der Waals surface area contributed by atoms with Gasteiger partial charge in [-0.15, -0.1) is 11.3 Å². The molecule has 4 nitrogen and oxygen atoms in total. The smallest absolute Gasteiger partial charge is 0.241 e. The highest BCUT2D eigenvalue weighted by molar-refractivity contribution is 7.89. The first-order valence-electron chi connectivity index (χ1n) is 6.19. The monoisotopic (exact) mass is 330 g/mol. The molecule has 0 aliphatic rings. The van der Waals surface area contributed by atoms with E-state index in [0.29, 0.717) is 18.0 Å². The van der Waals surface area contributed by atoms with Crippen molar-refractivity contribution in [2.24, 2.45) is 0 Å². The maximum Gasteiger partial charge on any atom is 0.241 e. The third kappa shape index (κ3) is 3.48. The Labute approximate surface area is 127 Å².